The molecule has 1 aromatic rings. The van der Waals surface area contributed by atoms with E-state index in [1.165, 1.54) is 5.56 Å². The fraction of sp³-hybridized carbons (Fsp3) is 0.682. The number of carbonyl (C=O) groups is 1. The van der Waals surface area contributed by atoms with Crippen LogP contribution >= 0.6 is 12.4 Å². The second-order valence-electron chi connectivity index (χ2n) is 9.30. The molecule has 1 aliphatic rings. The summed E-state index contributed by atoms with van der Waals surface area (Å²) in [6.45, 7) is 15.4. The minimum Gasteiger partial charge on any atom is -0.491 e. The fourth-order valence-electron chi connectivity index (χ4n) is 3.49. The van der Waals surface area contributed by atoms with Crippen LogP contribution in [0.15, 0.2) is 24.3 Å². The Labute approximate surface area is 176 Å². The van der Waals surface area contributed by atoms with Crippen LogP contribution in [-0.4, -0.2) is 36.8 Å². The van der Waals surface area contributed by atoms with Gasteiger partial charge in [0, 0.05) is 18.4 Å². The molecule has 1 amide bonds. The monoisotopic (exact) mass is 412 g/mol. The van der Waals surface area contributed by atoms with Gasteiger partial charge < -0.3 is 20.5 Å². The summed E-state index contributed by atoms with van der Waals surface area (Å²) in [5.74, 6) is 0.662. The Morgan fingerprint density at radius 3 is 2.32 bits per heavy atom. The molecule has 0 aromatic heterocycles. The Hall–Kier alpha value is -1.30. The Balaban J connectivity index is 0.00000392. The summed E-state index contributed by atoms with van der Waals surface area (Å²) < 4.78 is 11.5. The molecule has 0 bridgehead atoms. The molecule has 1 aromatic carbocycles. The second kappa shape index (κ2) is 9.02. The van der Waals surface area contributed by atoms with E-state index in [1.54, 1.807) is 0 Å². The van der Waals surface area contributed by atoms with Crippen molar-refractivity contribution < 1.29 is 14.3 Å². The van der Waals surface area contributed by atoms with E-state index in [-0.39, 0.29) is 35.9 Å². The Morgan fingerprint density at radius 1 is 1.29 bits per heavy atom. The van der Waals surface area contributed by atoms with E-state index in [0.717, 1.165) is 5.75 Å². The average Bonchev–Trinajstić information content (AvgIpc) is 2.59. The number of nitrogens with two attached hydrogens (primary N) is 1. The van der Waals surface area contributed by atoms with Crippen LogP contribution < -0.4 is 15.8 Å². The van der Waals surface area contributed by atoms with Crippen molar-refractivity contribution >= 4 is 18.3 Å². The smallest absolute Gasteiger partial charge is 0.241 e. The largest absolute Gasteiger partial charge is 0.491 e. The Kier molecular flexibility index (Phi) is 7.97. The number of ether oxygens (including phenoxy) is 2. The molecule has 1 fully saturated rings. The Morgan fingerprint density at radius 2 is 1.86 bits per heavy atom. The molecule has 3 N–H and O–H groups in total. The predicted octanol–water partition coefficient (Wildman–Crippen LogP) is 3.82. The van der Waals surface area contributed by atoms with Gasteiger partial charge in [-0.25, -0.2) is 0 Å². The molecule has 0 spiro atoms. The molecule has 0 radical (unpaired) electrons. The van der Waals surface area contributed by atoms with Crippen LogP contribution in [0.1, 0.15) is 60.5 Å². The van der Waals surface area contributed by atoms with Crippen LogP contribution in [0.25, 0.3) is 0 Å². The van der Waals surface area contributed by atoms with E-state index in [2.05, 4.69) is 38.2 Å². The van der Waals surface area contributed by atoms with Gasteiger partial charge in [-0.3, -0.25) is 4.79 Å². The van der Waals surface area contributed by atoms with Gasteiger partial charge in [-0.15, -0.1) is 12.4 Å². The van der Waals surface area contributed by atoms with Gasteiger partial charge in [0.15, 0.2) is 0 Å². The first-order valence-electron chi connectivity index (χ1n) is 9.86. The normalized spacial score (nSPS) is 24.5. The summed E-state index contributed by atoms with van der Waals surface area (Å²) in [4.78, 5) is 12.7. The summed E-state index contributed by atoms with van der Waals surface area (Å²) in [5.41, 5.74) is 6.50. The lowest BCUT2D eigenvalue weighted by Gasteiger charge is -2.57. The average molecular weight is 413 g/mol. The quantitative estimate of drug-likeness (QED) is 0.713. The summed E-state index contributed by atoms with van der Waals surface area (Å²) in [6, 6.07) is 7.97. The van der Waals surface area contributed by atoms with Crippen molar-refractivity contribution in [2.45, 2.75) is 78.0 Å². The summed E-state index contributed by atoms with van der Waals surface area (Å²) >= 11 is 0. The highest BCUT2D eigenvalue weighted by atomic mass is 35.5. The number of halogens is 1. The summed E-state index contributed by atoms with van der Waals surface area (Å²) in [6.07, 6.45) is 0.563. The zero-order valence-corrected chi connectivity index (χ0v) is 19.1. The first-order valence-corrected chi connectivity index (χ1v) is 9.86. The van der Waals surface area contributed by atoms with E-state index in [1.807, 2.05) is 39.8 Å². The molecule has 2 rings (SSSR count). The van der Waals surface area contributed by atoms with Gasteiger partial charge in [-0.2, -0.15) is 0 Å². The molecule has 0 heterocycles. The molecule has 28 heavy (non-hydrogen) atoms. The lowest BCUT2D eigenvalue weighted by Crippen LogP contribution is -2.76. The summed E-state index contributed by atoms with van der Waals surface area (Å²) in [5, 5.41) is 3.00. The number of nitrogens with one attached hydrogen (secondary N) is 1. The van der Waals surface area contributed by atoms with Gasteiger partial charge in [0.1, 0.15) is 17.9 Å². The van der Waals surface area contributed by atoms with Gasteiger partial charge in [0.2, 0.25) is 5.91 Å². The standard InChI is InChI=1S/C22H36N2O3.ClH/c1-8-26-18-13-22(23,21(18,6)7)19(25)24-15(2)14-27-17-11-9-16(10-12-17)20(3,4)5;/h9-12,15,18H,8,13-14,23H2,1-7H3,(H,24,25);1H. The summed E-state index contributed by atoms with van der Waals surface area (Å²) in [7, 11) is 0. The van der Waals surface area contributed by atoms with E-state index >= 15 is 0 Å². The number of hydrogen-bond acceptors (Lipinski definition) is 4. The van der Waals surface area contributed by atoms with Gasteiger partial charge >= 0.3 is 0 Å². The van der Waals surface area contributed by atoms with Crippen molar-refractivity contribution in [2.24, 2.45) is 11.1 Å². The van der Waals surface area contributed by atoms with E-state index in [0.29, 0.717) is 19.6 Å². The highest BCUT2D eigenvalue weighted by Crippen LogP contribution is 2.49. The maximum atomic E-state index is 12.7. The molecule has 0 saturated heterocycles. The van der Waals surface area contributed by atoms with Gasteiger partial charge in [0.25, 0.3) is 0 Å². The van der Waals surface area contributed by atoms with Gasteiger partial charge in [-0.05, 0) is 37.0 Å². The Bertz CT molecular complexity index is 655. The third-order valence-electron chi connectivity index (χ3n) is 5.83. The zero-order chi connectivity index (χ0) is 20.5. The molecule has 6 heteroatoms. The SMILES string of the molecule is CCOC1CC(N)(C(=O)NC(C)COc2ccc(C(C)(C)C)cc2)C1(C)C.Cl. The molecule has 0 aliphatic heterocycles. The first kappa shape index (κ1) is 24.7. The van der Waals surface area contributed by atoms with Crippen LogP contribution in [0.4, 0.5) is 0 Å². The molecular formula is C22H37ClN2O3. The van der Waals surface area contributed by atoms with Crippen LogP contribution in [0, 0.1) is 5.41 Å². The molecule has 3 unspecified atom stereocenters. The number of hydrogen-bond donors (Lipinski definition) is 2. The maximum absolute atomic E-state index is 12.7. The fourth-order valence-corrected chi connectivity index (χ4v) is 3.49. The van der Waals surface area contributed by atoms with Crippen LogP contribution in [-0.2, 0) is 14.9 Å². The zero-order valence-electron chi connectivity index (χ0n) is 18.3. The third kappa shape index (κ3) is 5.00. The molecule has 1 aliphatic carbocycles. The van der Waals surface area contributed by atoms with Crippen LogP contribution in [0.2, 0.25) is 0 Å². The van der Waals surface area contributed by atoms with E-state index in [9.17, 15) is 4.79 Å². The lowest BCUT2D eigenvalue weighted by atomic mass is 9.54. The van der Waals surface area contributed by atoms with Crippen molar-refractivity contribution in [3.05, 3.63) is 29.8 Å². The molecule has 1 saturated carbocycles. The second-order valence-corrected chi connectivity index (χ2v) is 9.30. The first-order chi connectivity index (χ1) is 12.4. The molecule has 3 atom stereocenters. The molecule has 160 valence electrons. The maximum Gasteiger partial charge on any atom is 0.241 e. The van der Waals surface area contributed by atoms with Crippen molar-refractivity contribution in [1.29, 1.82) is 0 Å². The third-order valence-corrected chi connectivity index (χ3v) is 5.83. The van der Waals surface area contributed by atoms with Gasteiger partial charge in [-0.1, -0.05) is 46.8 Å². The lowest BCUT2D eigenvalue weighted by molar-refractivity contribution is -0.171. The van der Waals surface area contributed by atoms with Crippen molar-refractivity contribution in [2.75, 3.05) is 13.2 Å². The molecule has 5 nitrogen and oxygen atoms in total. The number of carbonyl (C=O) groups excluding carboxylic acids is 1. The topological polar surface area (TPSA) is 73.6 Å². The number of amides is 1. The number of benzene rings is 1. The highest BCUT2D eigenvalue weighted by Gasteiger charge is 2.62. The predicted molar refractivity (Wildman–Crippen MR) is 116 cm³/mol. The highest BCUT2D eigenvalue weighted by molar-refractivity contribution is 5.89. The van der Waals surface area contributed by atoms with E-state index < -0.39 is 11.0 Å². The van der Waals surface area contributed by atoms with Crippen molar-refractivity contribution in [3.63, 3.8) is 0 Å². The minimum absolute atomic E-state index is 0. The van der Waals surface area contributed by atoms with Crippen molar-refractivity contribution in [3.8, 4) is 5.75 Å². The minimum atomic E-state index is -0.907. The van der Waals surface area contributed by atoms with Crippen LogP contribution in [0.5, 0.6) is 5.75 Å². The molecular weight excluding hydrogens is 376 g/mol. The van der Waals surface area contributed by atoms with Gasteiger partial charge in [0.05, 0.1) is 12.1 Å². The van der Waals surface area contributed by atoms with Crippen LogP contribution in [0.3, 0.4) is 0 Å². The number of rotatable bonds is 7. The van der Waals surface area contributed by atoms with E-state index in [4.69, 9.17) is 15.2 Å². The van der Waals surface area contributed by atoms with Crippen molar-refractivity contribution in [1.82, 2.24) is 5.32 Å².